The molecule has 242 valence electrons. The van der Waals surface area contributed by atoms with Crippen molar-refractivity contribution in [3.8, 4) is 0 Å². The molecule has 4 aliphatic rings. The fraction of sp³-hybridized carbons (Fsp3) is 0.543. The van der Waals surface area contributed by atoms with E-state index in [1.165, 1.54) is 13.8 Å². The van der Waals surface area contributed by atoms with Crippen LogP contribution in [0.1, 0.15) is 44.2 Å². The Hall–Kier alpha value is -3.12. The van der Waals surface area contributed by atoms with Crippen LogP contribution < -0.4 is 0 Å². The molecule has 0 radical (unpaired) electrons. The van der Waals surface area contributed by atoms with Crippen LogP contribution in [0, 0.1) is 0 Å². The fourth-order valence-electron chi connectivity index (χ4n) is 6.53. The van der Waals surface area contributed by atoms with Gasteiger partial charge in [-0.25, -0.2) is 0 Å². The van der Waals surface area contributed by atoms with Crippen molar-refractivity contribution in [3.63, 3.8) is 0 Å². The minimum absolute atomic E-state index is 0.0101. The Kier molecular flexibility index (Phi) is 10.6. The van der Waals surface area contributed by atoms with Crippen molar-refractivity contribution in [2.45, 2.75) is 107 Å². The average Bonchev–Trinajstić information content (AvgIpc) is 3.20. The number of benzene rings is 2. The number of carbonyl (C=O) groups is 2. The highest BCUT2D eigenvalue weighted by Crippen LogP contribution is 2.39. The van der Waals surface area contributed by atoms with Crippen molar-refractivity contribution >= 4 is 11.9 Å². The summed E-state index contributed by atoms with van der Waals surface area (Å²) in [5, 5.41) is 0. The Morgan fingerprint density at radius 2 is 1.24 bits per heavy atom. The topological polar surface area (TPSA) is 108 Å². The summed E-state index contributed by atoms with van der Waals surface area (Å²) >= 11 is 0. The van der Waals surface area contributed by atoms with E-state index in [0.29, 0.717) is 39.1 Å². The van der Waals surface area contributed by atoms with Gasteiger partial charge >= 0.3 is 11.9 Å². The van der Waals surface area contributed by atoms with E-state index in [9.17, 15) is 9.59 Å². The monoisotopic (exact) mass is 622 g/mol. The van der Waals surface area contributed by atoms with E-state index in [2.05, 4.69) is 0 Å². The molecular weight excluding hydrogens is 580 g/mol. The van der Waals surface area contributed by atoms with Crippen molar-refractivity contribution < 1.29 is 47.5 Å². The van der Waals surface area contributed by atoms with Crippen LogP contribution in [-0.2, 0) is 60.7 Å². The van der Waals surface area contributed by atoms with Crippen LogP contribution >= 0.6 is 0 Å². The summed E-state index contributed by atoms with van der Waals surface area (Å²) in [5.41, 5.74) is 2.19. The summed E-state index contributed by atoms with van der Waals surface area (Å²) in [5.74, 6) is -0.854. The molecule has 4 aliphatic heterocycles. The van der Waals surface area contributed by atoms with Gasteiger partial charge in [0.2, 0.25) is 0 Å². The third kappa shape index (κ3) is 8.38. The Labute approximate surface area is 263 Å². The molecule has 6 rings (SSSR count). The molecule has 2 aromatic carbocycles. The Bertz CT molecular complexity index is 1290. The summed E-state index contributed by atoms with van der Waals surface area (Å²) in [4.78, 5) is 23.3. The second-order valence-corrected chi connectivity index (χ2v) is 12.1. The summed E-state index contributed by atoms with van der Waals surface area (Å²) < 4.78 is 49.5. The normalized spacial score (nSPS) is 34.0. The van der Waals surface area contributed by atoms with Gasteiger partial charge in [-0.3, -0.25) is 9.59 Å². The quantitative estimate of drug-likeness (QED) is 0.284. The molecule has 10 nitrogen and oxygen atoms in total. The van der Waals surface area contributed by atoms with Gasteiger partial charge in [-0.2, -0.15) is 0 Å². The van der Waals surface area contributed by atoms with Gasteiger partial charge in [0.25, 0.3) is 0 Å². The number of hydrogen-bond donors (Lipinski definition) is 0. The zero-order valence-corrected chi connectivity index (χ0v) is 25.7. The minimum atomic E-state index is -0.607. The Morgan fingerprint density at radius 3 is 1.93 bits per heavy atom. The van der Waals surface area contributed by atoms with E-state index in [0.717, 1.165) is 11.1 Å². The van der Waals surface area contributed by atoms with Crippen molar-refractivity contribution in [1.29, 1.82) is 0 Å². The SMILES string of the molecule is CC(=O)OC[C@H]1O[C@H]2C=C[C@H]3O[C@H]4C[C@@H](OCc5ccccc5)[C@H](COCc5ccccc5)O[C@@H]4C[C@@H]3O[C@@H]2C[C@@H]1OC(C)=O. The number of fused-ring (bicyclic) bond motifs is 3. The van der Waals surface area contributed by atoms with Gasteiger partial charge in [0, 0.05) is 33.1 Å². The lowest BCUT2D eigenvalue weighted by molar-refractivity contribution is -0.268. The first-order valence-corrected chi connectivity index (χ1v) is 15.8. The lowest BCUT2D eigenvalue weighted by atomic mass is 9.90. The Morgan fingerprint density at radius 1 is 0.644 bits per heavy atom. The first-order chi connectivity index (χ1) is 21.9. The van der Waals surface area contributed by atoms with Crippen molar-refractivity contribution in [2.75, 3.05) is 13.2 Å². The standard InChI is InChI=1S/C35H42O10/c1-22(36)39-21-35-33(41-23(2)37)17-30-27(43-35)14-13-26-29(44-30)16-32-31(42-26)15-28(40-19-25-11-7-4-8-12-25)34(45-32)20-38-18-24-9-5-3-6-10-24/h3-14,26-35H,15-21H2,1-2H3/t26-,27+,28-,29+,30-,31+,32-,33+,34+,35-/m1/s1. The minimum Gasteiger partial charge on any atom is -0.463 e. The van der Waals surface area contributed by atoms with Gasteiger partial charge in [-0.15, -0.1) is 0 Å². The van der Waals surface area contributed by atoms with Crippen molar-refractivity contribution in [3.05, 3.63) is 83.9 Å². The molecule has 0 spiro atoms. The molecule has 0 N–H and O–H groups in total. The molecule has 0 aliphatic carbocycles. The van der Waals surface area contributed by atoms with E-state index < -0.39 is 30.3 Å². The summed E-state index contributed by atoms with van der Waals surface area (Å²) in [6.45, 7) is 4.02. The highest BCUT2D eigenvalue weighted by atomic mass is 16.6. The number of carbonyl (C=O) groups excluding carboxylic acids is 2. The number of hydrogen-bond acceptors (Lipinski definition) is 10. The number of esters is 2. The molecule has 4 heterocycles. The van der Waals surface area contributed by atoms with E-state index >= 15 is 0 Å². The molecule has 0 unspecified atom stereocenters. The molecule has 45 heavy (non-hydrogen) atoms. The second-order valence-electron chi connectivity index (χ2n) is 12.1. The van der Waals surface area contributed by atoms with Crippen molar-refractivity contribution in [2.24, 2.45) is 0 Å². The Balaban J connectivity index is 1.12. The van der Waals surface area contributed by atoms with Gasteiger partial charge < -0.3 is 37.9 Å². The van der Waals surface area contributed by atoms with Gasteiger partial charge in [0.05, 0.1) is 50.3 Å². The third-order valence-corrected chi connectivity index (χ3v) is 8.69. The molecular formula is C35H42O10. The molecule has 0 bridgehead atoms. The molecule has 0 aromatic heterocycles. The zero-order chi connectivity index (χ0) is 31.2. The third-order valence-electron chi connectivity index (χ3n) is 8.69. The van der Waals surface area contributed by atoms with Crippen LogP contribution in [0.3, 0.4) is 0 Å². The predicted molar refractivity (Wildman–Crippen MR) is 161 cm³/mol. The van der Waals surface area contributed by atoms with Crippen LogP contribution in [-0.4, -0.2) is 86.2 Å². The fourth-order valence-corrected chi connectivity index (χ4v) is 6.53. The largest absolute Gasteiger partial charge is 0.463 e. The van der Waals surface area contributed by atoms with Gasteiger partial charge in [0.1, 0.15) is 37.1 Å². The van der Waals surface area contributed by atoms with Crippen LogP contribution in [0.5, 0.6) is 0 Å². The van der Waals surface area contributed by atoms with Gasteiger partial charge in [-0.05, 0) is 11.1 Å². The maximum atomic E-state index is 11.9. The van der Waals surface area contributed by atoms with Crippen LogP contribution in [0.2, 0.25) is 0 Å². The lowest BCUT2D eigenvalue weighted by Gasteiger charge is -2.48. The van der Waals surface area contributed by atoms with Crippen LogP contribution in [0.4, 0.5) is 0 Å². The second kappa shape index (κ2) is 15.0. The maximum absolute atomic E-state index is 11.9. The smallest absolute Gasteiger partial charge is 0.302 e. The summed E-state index contributed by atoms with van der Waals surface area (Å²) in [7, 11) is 0. The highest BCUT2D eigenvalue weighted by molar-refractivity contribution is 5.66. The molecule has 3 saturated heterocycles. The predicted octanol–water partition coefficient (Wildman–Crippen LogP) is 4.08. The lowest BCUT2D eigenvalue weighted by Crippen LogP contribution is -2.58. The van der Waals surface area contributed by atoms with Crippen LogP contribution in [0.15, 0.2) is 72.8 Å². The zero-order valence-electron chi connectivity index (χ0n) is 25.7. The van der Waals surface area contributed by atoms with E-state index in [1.807, 2.05) is 72.8 Å². The first-order valence-electron chi connectivity index (χ1n) is 15.8. The van der Waals surface area contributed by atoms with Gasteiger partial charge in [0.15, 0.2) is 0 Å². The summed E-state index contributed by atoms with van der Waals surface area (Å²) in [6, 6.07) is 20.2. The average molecular weight is 623 g/mol. The van der Waals surface area contributed by atoms with Gasteiger partial charge in [-0.1, -0.05) is 72.8 Å². The van der Waals surface area contributed by atoms with Crippen LogP contribution in [0.25, 0.3) is 0 Å². The molecule has 0 saturated carbocycles. The first kappa shape index (κ1) is 31.8. The number of rotatable bonds is 10. The maximum Gasteiger partial charge on any atom is 0.302 e. The molecule has 10 atom stereocenters. The molecule has 2 aromatic rings. The summed E-state index contributed by atoms with van der Waals surface area (Å²) in [6.07, 6.45) is 2.20. The number of ether oxygens (including phenoxy) is 8. The van der Waals surface area contributed by atoms with E-state index in [1.54, 1.807) is 0 Å². The van der Waals surface area contributed by atoms with E-state index in [-0.39, 0.29) is 49.3 Å². The molecule has 0 amide bonds. The molecule has 3 fully saturated rings. The van der Waals surface area contributed by atoms with Crippen molar-refractivity contribution in [1.82, 2.24) is 0 Å². The van der Waals surface area contributed by atoms with E-state index in [4.69, 9.17) is 37.9 Å². The molecule has 10 heteroatoms. The highest BCUT2D eigenvalue weighted by Gasteiger charge is 2.49.